The van der Waals surface area contributed by atoms with Crippen molar-refractivity contribution < 1.29 is 0 Å². The molecule has 2 fully saturated rings. The molecule has 110 valence electrons. The van der Waals surface area contributed by atoms with E-state index in [1.807, 2.05) is 0 Å². The first-order chi connectivity index (χ1) is 9.76. The lowest BCUT2D eigenvalue weighted by molar-refractivity contribution is 0.679. The molecule has 2 aliphatic rings. The van der Waals surface area contributed by atoms with E-state index in [4.69, 9.17) is 11.6 Å². The molecule has 0 saturated heterocycles. The molecule has 0 aliphatic heterocycles. The normalized spacial score (nSPS) is 18.3. The summed E-state index contributed by atoms with van der Waals surface area (Å²) in [4.78, 5) is 2.57. The smallest absolute Gasteiger partial charge is 0.0471 e. The molecule has 1 N–H and O–H groups in total. The van der Waals surface area contributed by atoms with Crippen LogP contribution in [0.1, 0.15) is 38.2 Å². The van der Waals surface area contributed by atoms with Crippen LogP contribution in [0.15, 0.2) is 18.2 Å². The molecule has 1 aromatic rings. The zero-order chi connectivity index (χ0) is 13.9. The second-order valence-corrected chi connectivity index (χ2v) is 6.75. The summed E-state index contributed by atoms with van der Waals surface area (Å²) in [5, 5.41) is 4.24. The molecule has 0 spiro atoms. The van der Waals surface area contributed by atoms with Crippen LogP contribution in [0, 0.1) is 11.8 Å². The molecule has 0 unspecified atom stereocenters. The van der Waals surface area contributed by atoms with Gasteiger partial charge in [0.25, 0.3) is 0 Å². The summed E-state index contributed by atoms with van der Waals surface area (Å²) in [7, 11) is 0. The standard InChI is InChI=1S/C17H25ClN2/c1-2-19-10-15-7-8-16(9-17(15)18)20(11-13-3-4-13)12-14-5-6-14/h7-9,13-14,19H,2-6,10-12H2,1H3. The van der Waals surface area contributed by atoms with Gasteiger partial charge in [-0.05, 0) is 61.8 Å². The molecule has 3 heteroatoms. The predicted octanol–water partition coefficient (Wildman–Crippen LogP) is 4.08. The van der Waals surface area contributed by atoms with Gasteiger partial charge in [0, 0.05) is 30.3 Å². The molecule has 2 nitrogen and oxygen atoms in total. The molecule has 20 heavy (non-hydrogen) atoms. The third kappa shape index (κ3) is 3.89. The maximum atomic E-state index is 6.45. The topological polar surface area (TPSA) is 15.3 Å². The minimum Gasteiger partial charge on any atom is -0.371 e. The minimum absolute atomic E-state index is 0.862. The molecule has 0 bridgehead atoms. The molecule has 0 heterocycles. The molecule has 2 aliphatic carbocycles. The highest BCUT2D eigenvalue weighted by Gasteiger charge is 2.29. The number of hydrogen-bond acceptors (Lipinski definition) is 2. The maximum absolute atomic E-state index is 6.45. The first-order valence-electron chi connectivity index (χ1n) is 8.00. The molecule has 0 radical (unpaired) electrons. The van der Waals surface area contributed by atoms with E-state index < -0.39 is 0 Å². The molecule has 0 amide bonds. The van der Waals surface area contributed by atoms with Crippen LogP contribution in [0.2, 0.25) is 5.02 Å². The average Bonchev–Trinajstić information content (AvgIpc) is 3.32. The van der Waals surface area contributed by atoms with E-state index in [2.05, 4.69) is 35.3 Å². The highest BCUT2D eigenvalue weighted by molar-refractivity contribution is 6.31. The van der Waals surface area contributed by atoms with E-state index in [1.165, 1.54) is 50.0 Å². The fourth-order valence-electron chi connectivity index (χ4n) is 2.65. The van der Waals surface area contributed by atoms with Crippen LogP contribution < -0.4 is 10.2 Å². The first-order valence-corrected chi connectivity index (χ1v) is 8.38. The van der Waals surface area contributed by atoms with Gasteiger partial charge in [-0.1, -0.05) is 24.6 Å². The van der Waals surface area contributed by atoms with Crippen LogP contribution in [-0.4, -0.2) is 19.6 Å². The van der Waals surface area contributed by atoms with Crippen molar-refractivity contribution in [3.63, 3.8) is 0 Å². The van der Waals surface area contributed by atoms with Crippen molar-refractivity contribution in [2.24, 2.45) is 11.8 Å². The molecule has 0 aromatic heterocycles. The van der Waals surface area contributed by atoms with Crippen molar-refractivity contribution in [3.05, 3.63) is 28.8 Å². The van der Waals surface area contributed by atoms with Gasteiger partial charge in [-0.3, -0.25) is 0 Å². The molecular formula is C17H25ClN2. The van der Waals surface area contributed by atoms with Gasteiger partial charge in [0.15, 0.2) is 0 Å². The number of hydrogen-bond donors (Lipinski definition) is 1. The van der Waals surface area contributed by atoms with Gasteiger partial charge in [-0.25, -0.2) is 0 Å². The summed E-state index contributed by atoms with van der Waals surface area (Å²) >= 11 is 6.45. The van der Waals surface area contributed by atoms with Gasteiger partial charge in [0.1, 0.15) is 0 Å². The summed E-state index contributed by atoms with van der Waals surface area (Å²) in [6.45, 7) is 6.41. The second-order valence-electron chi connectivity index (χ2n) is 6.35. The van der Waals surface area contributed by atoms with Crippen molar-refractivity contribution in [1.82, 2.24) is 5.32 Å². The third-order valence-electron chi connectivity index (χ3n) is 4.32. The molecular weight excluding hydrogens is 268 g/mol. The Hall–Kier alpha value is -0.730. The first kappa shape index (κ1) is 14.2. The Kier molecular flexibility index (Phi) is 4.52. The Morgan fingerprint density at radius 1 is 1.15 bits per heavy atom. The zero-order valence-electron chi connectivity index (χ0n) is 12.4. The van der Waals surface area contributed by atoms with Crippen molar-refractivity contribution in [1.29, 1.82) is 0 Å². The lowest BCUT2D eigenvalue weighted by Gasteiger charge is -2.25. The van der Waals surface area contributed by atoms with Gasteiger partial charge in [0.05, 0.1) is 0 Å². The summed E-state index contributed by atoms with van der Waals surface area (Å²) < 4.78 is 0. The van der Waals surface area contributed by atoms with Gasteiger partial charge in [0.2, 0.25) is 0 Å². The molecule has 1 aromatic carbocycles. The van der Waals surface area contributed by atoms with Gasteiger partial charge in [-0.15, -0.1) is 0 Å². The quantitative estimate of drug-likeness (QED) is 0.777. The van der Waals surface area contributed by atoms with Crippen LogP contribution in [-0.2, 0) is 6.54 Å². The van der Waals surface area contributed by atoms with Gasteiger partial charge in [-0.2, -0.15) is 0 Å². The lowest BCUT2D eigenvalue weighted by Crippen LogP contribution is -2.28. The van der Waals surface area contributed by atoms with E-state index >= 15 is 0 Å². The van der Waals surface area contributed by atoms with Crippen molar-refractivity contribution in [2.45, 2.75) is 39.2 Å². The lowest BCUT2D eigenvalue weighted by atomic mass is 10.1. The fourth-order valence-corrected chi connectivity index (χ4v) is 2.89. The minimum atomic E-state index is 0.862. The highest BCUT2D eigenvalue weighted by Crippen LogP contribution is 2.36. The number of rotatable bonds is 8. The predicted molar refractivity (Wildman–Crippen MR) is 86.5 cm³/mol. The van der Waals surface area contributed by atoms with E-state index in [9.17, 15) is 0 Å². The second kappa shape index (κ2) is 6.36. The van der Waals surface area contributed by atoms with Crippen LogP contribution in [0.5, 0.6) is 0 Å². The van der Waals surface area contributed by atoms with Crippen LogP contribution >= 0.6 is 11.6 Å². The Labute approximate surface area is 127 Å². The van der Waals surface area contributed by atoms with Gasteiger partial charge >= 0.3 is 0 Å². The summed E-state index contributed by atoms with van der Waals surface area (Å²) in [6, 6.07) is 6.61. The summed E-state index contributed by atoms with van der Waals surface area (Å²) in [6.07, 6.45) is 5.64. The van der Waals surface area contributed by atoms with Crippen molar-refractivity contribution in [3.8, 4) is 0 Å². The monoisotopic (exact) mass is 292 g/mol. The largest absolute Gasteiger partial charge is 0.371 e. The maximum Gasteiger partial charge on any atom is 0.0471 e. The van der Waals surface area contributed by atoms with Crippen LogP contribution in [0.25, 0.3) is 0 Å². The van der Waals surface area contributed by atoms with Crippen LogP contribution in [0.3, 0.4) is 0 Å². The average molecular weight is 293 g/mol. The number of anilines is 1. The van der Waals surface area contributed by atoms with Crippen molar-refractivity contribution in [2.75, 3.05) is 24.5 Å². The summed E-state index contributed by atoms with van der Waals surface area (Å²) in [5.74, 6) is 1.85. The third-order valence-corrected chi connectivity index (χ3v) is 4.67. The van der Waals surface area contributed by atoms with Crippen LogP contribution in [0.4, 0.5) is 5.69 Å². The molecule has 0 atom stereocenters. The Balaban J connectivity index is 1.69. The zero-order valence-corrected chi connectivity index (χ0v) is 13.1. The fraction of sp³-hybridized carbons (Fsp3) is 0.647. The number of nitrogens with one attached hydrogen (secondary N) is 1. The number of benzene rings is 1. The highest BCUT2D eigenvalue weighted by atomic mass is 35.5. The molecule has 3 rings (SSSR count). The Morgan fingerprint density at radius 3 is 2.30 bits per heavy atom. The van der Waals surface area contributed by atoms with E-state index in [0.717, 1.165) is 29.9 Å². The molecule has 2 saturated carbocycles. The Morgan fingerprint density at radius 2 is 1.80 bits per heavy atom. The number of halogens is 1. The van der Waals surface area contributed by atoms with E-state index in [-0.39, 0.29) is 0 Å². The number of nitrogens with zero attached hydrogens (tertiary/aromatic N) is 1. The Bertz CT molecular complexity index is 438. The summed E-state index contributed by atoms with van der Waals surface area (Å²) in [5.41, 5.74) is 2.52. The van der Waals surface area contributed by atoms with E-state index in [1.54, 1.807) is 0 Å². The van der Waals surface area contributed by atoms with Gasteiger partial charge < -0.3 is 10.2 Å². The SMILES string of the molecule is CCNCc1ccc(N(CC2CC2)CC2CC2)cc1Cl. The van der Waals surface area contributed by atoms with Crippen molar-refractivity contribution >= 4 is 17.3 Å². The van der Waals surface area contributed by atoms with E-state index in [0.29, 0.717) is 0 Å².